The van der Waals surface area contributed by atoms with Crippen molar-refractivity contribution in [2.75, 3.05) is 19.8 Å². The Morgan fingerprint density at radius 3 is 2.64 bits per heavy atom. The predicted octanol–water partition coefficient (Wildman–Crippen LogP) is 3.04. The molecule has 3 aliphatic heterocycles. The molecule has 0 radical (unpaired) electrons. The van der Waals surface area contributed by atoms with E-state index < -0.39 is 34.6 Å². The average molecular weight is 513 g/mol. The molecule has 0 aromatic heterocycles. The van der Waals surface area contributed by atoms with Crippen molar-refractivity contribution in [3.8, 4) is 0 Å². The van der Waals surface area contributed by atoms with Crippen LogP contribution in [0.25, 0.3) is 0 Å². The van der Waals surface area contributed by atoms with E-state index in [1.54, 1.807) is 27.6 Å². The first-order valence-electron chi connectivity index (χ1n) is 12.7. The van der Waals surface area contributed by atoms with Gasteiger partial charge in [0.25, 0.3) is 0 Å². The minimum Gasteiger partial charge on any atom is -0.461 e. The Bertz CT molecular complexity index is 1010. The van der Waals surface area contributed by atoms with Crippen molar-refractivity contribution in [3.63, 3.8) is 0 Å². The van der Waals surface area contributed by atoms with Crippen LogP contribution in [0.3, 0.4) is 0 Å². The minimum atomic E-state index is -0.780. The van der Waals surface area contributed by atoms with Crippen molar-refractivity contribution in [3.05, 3.63) is 61.2 Å². The Morgan fingerprint density at radius 2 is 2.03 bits per heavy atom. The molecule has 3 unspecified atom stereocenters. The maximum absolute atomic E-state index is 14.4. The van der Waals surface area contributed by atoms with Crippen LogP contribution in [0.4, 0.5) is 0 Å². The SMILES string of the molecule is C=CCOC(=O)[C@@H]1[C@@H]2CC(C)C3(S2)C(C(=O)N(CC=C)Cc2ccccc2)N([C@@H](CC)CO)C(=O)[C@H]13. The lowest BCUT2D eigenvalue weighted by Gasteiger charge is -2.42. The fourth-order valence-corrected chi connectivity index (χ4v) is 8.81. The molecule has 0 saturated carbocycles. The van der Waals surface area contributed by atoms with E-state index in [4.69, 9.17) is 4.74 Å². The van der Waals surface area contributed by atoms with Gasteiger partial charge in [0, 0.05) is 18.3 Å². The average Bonchev–Trinajstić information content (AvgIpc) is 3.47. The zero-order valence-electron chi connectivity index (χ0n) is 21.0. The Hall–Kier alpha value is -2.58. The third kappa shape index (κ3) is 4.18. The number of aliphatic hydroxyl groups is 1. The van der Waals surface area contributed by atoms with Gasteiger partial charge in [0.2, 0.25) is 11.8 Å². The lowest BCUT2D eigenvalue weighted by atomic mass is 9.66. The van der Waals surface area contributed by atoms with Crippen molar-refractivity contribution in [2.24, 2.45) is 17.8 Å². The number of thioether (sulfide) groups is 1. The molecule has 1 spiro atoms. The number of fused-ring (bicyclic) bond motifs is 1. The summed E-state index contributed by atoms with van der Waals surface area (Å²) in [5.41, 5.74) is 0.981. The number of hydrogen-bond acceptors (Lipinski definition) is 6. The Morgan fingerprint density at radius 1 is 1.31 bits per heavy atom. The topological polar surface area (TPSA) is 87.2 Å². The summed E-state index contributed by atoms with van der Waals surface area (Å²) < 4.78 is 4.67. The Balaban J connectivity index is 1.78. The molecule has 1 aromatic rings. The van der Waals surface area contributed by atoms with Gasteiger partial charge in [-0.2, -0.15) is 0 Å². The first-order valence-corrected chi connectivity index (χ1v) is 13.6. The van der Waals surface area contributed by atoms with Gasteiger partial charge in [-0.15, -0.1) is 18.3 Å². The van der Waals surface area contributed by atoms with E-state index in [-0.39, 0.29) is 36.2 Å². The van der Waals surface area contributed by atoms with Crippen LogP contribution in [0.1, 0.15) is 32.3 Å². The lowest BCUT2D eigenvalue weighted by molar-refractivity contribution is -0.154. The molecule has 0 aliphatic carbocycles. The fraction of sp³-hybridized carbons (Fsp3) is 0.536. The van der Waals surface area contributed by atoms with Gasteiger partial charge in [0.1, 0.15) is 12.6 Å². The van der Waals surface area contributed by atoms with E-state index in [0.29, 0.717) is 19.5 Å². The summed E-state index contributed by atoms with van der Waals surface area (Å²) in [5, 5.41) is 10.1. The number of benzene rings is 1. The van der Waals surface area contributed by atoms with Crippen molar-refractivity contribution in [2.45, 2.75) is 55.3 Å². The molecular weight excluding hydrogens is 476 g/mol. The van der Waals surface area contributed by atoms with Crippen molar-refractivity contribution >= 4 is 29.5 Å². The van der Waals surface area contributed by atoms with Crippen molar-refractivity contribution < 1.29 is 24.2 Å². The first-order chi connectivity index (χ1) is 17.3. The highest BCUT2D eigenvalue weighted by atomic mass is 32.2. The maximum Gasteiger partial charge on any atom is 0.311 e. The summed E-state index contributed by atoms with van der Waals surface area (Å²) in [5.74, 6) is -2.03. The van der Waals surface area contributed by atoms with E-state index in [0.717, 1.165) is 12.0 Å². The van der Waals surface area contributed by atoms with Gasteiger partial charge in [-0.3, -0.25) is 14.4 Å². The van der Waals surface area contributed by atoms with E-state index in [1.807, 2.05) is 37.3 Å². The van der Waals surface area contributed by atoms with Crippen LogP contribution >= 0.6 is 11.8 Å². The largest absolute Gasteiger partial charge is 0.461 e. The number of esters is 1. The quantitative estimate of drug-likeness (QED) is 0.362. The summed E-state index contributed by atoms with van der Waals surface area (Å²) in [6.45, 7) is 12.0. The number of aliphatic hydroxyl groups excluding tert-OH is 1. The summed E-state index contributed by atoms with van der Waals surface area (Å²) in [4.78, 5) is 45.0. The zero-order valence-corrected chi connectivity index (χ0v) is 21.9. The van der Waals surface area contributed by atoms with Crippen LogP contribution in [-0.2, 0) is 25.7 Å². The smallest absolute Gasteiger partial charge is 0.311 e. The minimum absolute atomic E-state index is 0.0439. The molecule has 3 aliphatic rings. The lowest BCUT2D eigenvalue weighted by Crippen LogP contribution is -2.59. The molecule has 1 aromatic carbocycles. The van der Waals surface area contributed by atoms with Gasteiger partial charge in [-0.05, 0) is 24.3 Å². The molecule has 2 bridgehead atoms. The molecule has 3 heterocycles. The highest BCUT2D eigenvalue weighted by Gasteiger charge is 2.77. The summed E-state index contributed by atoms with van der Waals surface area (Å²) in [6.07, 6.45) is 4.44. The van der Waals surface area contributed by atoms with Crippen LogP contribution in [-0.4, -0.2) is 74.5 Å². The third-order valence-electron chi connectivity index (χ3n) is 7.99. The molecule has 36 heavy (non-hydrogen) atoms. The standard InChI is InChI=1S/C28H36N2O5S/c1-5-13-29(16-19-11-9-8-10-12-19)26(33)24-28-18(4)15-21(36-28)22(27(34)35-14-6-2)23(28)25(32)30(24)20(7-3)17-31/h5-6,8-12,18,20-24,31H,1-2,7,13-17H2,3-4H3/t18?,20-,21-,22+,23-,24?,28?/m0/s1. The molecule has 3 fully saturated rings. The summed E-state index contributed by atoms with van der Waals surface area (Å²) >= 11 is 1.61. The third-order valence-corrected chi connectivity index (χ3v) is 10.1. The number of carbonyl (C=O) groups is 3. The van der Waals surface area contributed by atoms with Crippen LogP contribution in [0.2, 0.25) is 0 Å². The predicted molar refractivity (Wildman–Crippen MR) is 140 cm³/mol. The molecule has 7 nitrogen and oxygen atoms in total. The number of likely N-dealkylation sites (tertiary alicyclic amines) is 1. The second-order valence-electron chi connectivity index (χ2n) is 9.95. The molecule has 3 saturated heterocycles. The highest BCUT2D eigenvalue weighted by Crippen LogP contribution is 2.69. The normalized spacial score (nSPS) is 31.1. The Kier molecular flexibility index (Phi) is 7.95. The van der Waals surface area contributed by atoms with E-state index in [2.05, 4.69) is 20.1 Å². The Labute approximate surface area is 217 Å². The van der Waals surface area contributed by atoms with Gasteiger partial charge in [-0.1, -0.05) is 62.9 Å². The van der Waals surface area contributed by atoms with Gasteiger partial charge in [0.15, 0.2) is 0 Å². The van der Waals surface area contributed by atoms with Crippen LogP contribution in [0.15, 0.2) is 55.6 Å². The van der Waals surface area contributed by atoms with Gasteiger partial charge in [0.05, 0.1) is 29.2 Å². The van der Waals surface area contributed by atoms with E-state index >= 15 is 0 Å². The second kappa shape index (κ2) is 10.8. The number of amides is 2. The van der Waals surface area contributed by atoms with Gasteiger partial charge < -0.3 is 19.6 Å². The van der Waals surface area contributed by atoms with Crippen LogP contribution in [0.5, 0.6) is 0 Å². The van der Waals surface area contributed by atoms with E-state index in [9.17, 15) is 19.5 Å². The number of ether oxygens (including phenoxy) is 1. The summed E-state index contributed by atoms with van der Waals surface area (Å²) in [6, 6.07) is 8.44. The number of carbonyl (C=O) groups excluding carboxylic acids is 3. The fourth-order valence-electron chi connectivity index (χ4n) is 6.42. The van der Waals surface area contributed by atoms with Crippen molar-refractivity contribution in [1.29, 1.82) is 0 Å². The molecular formula is C28H36N2O5S. The van der Waals surface area contributed by atoms with Gasteiger partial charge >= 0.3 is 5.97 Å². The number of nitrogens with zero attached hydrogens (tertiary/aromatic N) is 2. The van der Waals surface area contributed by atoms with E-state index in [1.165, 1.54) is 6.08 Å². The molecule has 7 atom stereocenters. The molecule has 194 valence electrons. The van der Waals surface area contributed by atoms with Crippen LogP contribution < -0.4 is 0 Å². The molecule has 8 heteroatoms. The first kappa shape index (κ1) is 26.5. The van der Waals surface area contributed by atoms with Crippen molar-refractivity contribution in [1.82, 2.24) is 9.80 Å². The monoisotopic (exact) mass is 512 g/mol. The highest BCUT2D eigenvalue weighted by molar-refractivity contribution is 8.02. The maximum atomic E-state index is 14.4. The summed E-state index contributed by atoms with van der Waals surface area (Å²) in [7, 11) is 0. The second-order valence-corrected chi connectivity index (χ2v) is 11.5. The van der Waals surface area contributed by atoms with Crippen LogP contribution in [0, 0.1) is 17.8 Å². The molecule has 4 rings (SSSR count). The van der Waals surface area contributed by atoms with Gasteiger partial charge in [-0.25, -0.2) is 0 Å². The number of rotatable bonds is 11. The number of hydrogen-bond donors (Lipinski definition) is 1. The molecule has 2 amide bonds. The molecule has 1 N–H and O–H groups in total. The zero-order chi connectivity index (χ0) is 26.0.